The number of esters is 1. The molecule has 5 N–H and O–H groups in total. The number of fused-ring (bicyclic) bond motifs is 14. The van der Waals surface area contributed by atoms with E-state index in [0.717, 1.165) is 0 Å². The summed E-state index contributed by atoms with van der Waals surface area (Å²) in [4.78, 5) is 54.6. The summed E-state index contributed by atoms with van der Waals surface area (Å²) in [6.07, 6.45) is 3.51. The van der Waals surface area contributed by atoms with Crippen molar-refractivity contribution in [2.24, 2.45) is 23.7 Å². The van der Waals surface area contributed by atoms with Gasteiger partial charge in [0, 0.05) is 80.8 Å². The van der Waals surface area contributed by atoms with Gasteiger partial charge in [-0.2, -0.15) is 5.26 Å². The second-order valence-electron chi connectivity index (χ2n) is 15.4. The number of ketones is 1. The number of carbonyl (C=O) groups is 4. The number of rotatable bonds is 7. The molecule has 3 heterocycles. The van der Waals surface area contributed by atoms with Gasteiger partial charge >= 0.3 is 11.8 Å². The number of hydrogen-bond donors (Lipinski definition) is 5. The molecule has 0 fully saturated rings. The zero-order valence-electron chi connectivity index (χ0n) is 35.1. The van der Waals surface area contributed by atoms with Crippen molar-refractivity contribution in [1.82, 2.24) is 4.90 Å². The molecule has 2 aromatic rings. The van der Waals surface area contributed by atoms with Gasteiger partial charge in [-0.15, -0.1) is 0 Å². The predicted molar refractivity (Wildman–Crippen MR) is 216 cm³/mol. The molecule has 9 unspecified atom stereocenters. The summed E-state index contributed by atoms with van der Waals surface area (Å²) in [6, 6.07) is 3.18. The van der Waals surface area contributed by atoms with Crippen molar-refractivity contribution in [3.05, 3.63) is 53.3 Å². The number of benzene rings is 2. The van der Waals surface area contributed by atoms with Gasteiger partial charge in [0.05, 0.1) is 53.7 Å². The first kappa shape index (κ1) is 46.1. The summed E-state index contributed by atoms with van der Waals surface area (Å²) in [6.45, 7) is 12.0. The summed E-state index contributed by atoms with van der Waals surface area (Å²) in [7, 11) is 2.91. The van der Waals surface area contributed by atoms with Crippen LogP contribution in [0.5, 0.6) is 23.0 Å². The van der Waals surface area contributed by atoms with E-state index >= 15 is 0 Å². The zero-order chi connectivity index (χ0) is 44.1. The summed E-state index contributed by atoms with van der Waals surface area (Å²) in [5.74, 6) is -8.50. The lowest BCUT2D eigenvalue weighted by atomic mass is 9.78. The number of likely N-dealkylation sites (N-methyl/N-ethyl adjacent to an activating group) is 1. The summed E-state index contributed by atoms with van der Waals surface area (Å²) in [5, 5.41) is 57.2. The van der Waals surface area contributed by atoms with Gasteiger partial charge in [0.1, 0.15) is 23.4 Å². The molecule has 2 aromatic carbocycles. The van der Waals surface area contributed by atoms with E-state index in [1.807, 2.05) is 6.07 Å². The molecule has 16 nitrogen and oxygen atoms in total. The van der Waals surface area contributed by atoms with Crippen LogP contribution < -0.4 is 14.8 Å². The molecule has 59 heavy (non-hydrogen) atoms. The van der Waals surface area contributed by atoms with Gasteiger partial charge in [0.2, 0.25) is 0 Å². The minimum absolute atomic E-state index is 0.0478. The predicted octanol–water partition coefficient (Wildman–Crippen LogP) is 4.80. The maximum atomic E-state index is 14.4. The smallest absolute Gasteiger partial charge is 0.312 e. The zero-order valence-corrected chi connectivity index (χ0v) is 35.1. The highest BCUT2D eigenvalue weighted by Crippen LogP contribution is 2.54. The Labute approximate surface area is 343 Å². The number of nitriles is 1. The lowest BCUT2D eigenvalue weighted by Gasteiger charge is -2.38. The van der Waals surface area contributed by atoms with Gasteiger partial charge in [0.15, 0.2) is 12.4 Å². The maximum absolute atomic E-state index is 14.4. The Morgan fingerprint density at radius 3 is 2.32 bits per heavy atom. The normalized spacial score (nSPS) is 29.6. The number of nitrogens with zero attached hydrogens (tertiary/aromatic N) is 2. The number of carbonyl (C=O) groups excluding carboxylic acids is 4. The monoisotopic (exact) mass is 821 g/mol. The van der Waals surface area contributed by atoms with Crippen LogP contribution >= 0.6 is 0 Å². The fraction of sp³-hybridized carbons (Fsp3) is 0.512. The molecule has 0 aliphatic carbocycles. The van der Waals surface area contributed by atoms with E-state index in [2.05, 4.69) is 5.32 Å². The highest BCUT2D eigenvalue weighted by Gasteiger charge is 2.49. The van der Waals surface area contributed by atoms with E-state index in [0.29, 0.717) is 0 Å². The van der Waals surface area contributed by atoms with Gasteiger partial charge in [-0.05, 0) is 19.9 Å². The average Bonchev–Trinajstić information content (AvgIpc) is 3.46. The van der Waals surface area contributed by atoms with Crippen LogP contribution in [0, 0.1) is 41.9 Å². The molecule has 0 saturated heterocycles. The molecule has 0 spiro atoms. The Kier molecular flexibility index (Phi) is 14.8. The molecule has 0 radical (unpaired) electrons. The van der Waals surface area contributed by atoms with Crippen LogP contribution in [-0.4, -0.2) is 106 Å². The molecule has 3 aliphatic rings. The topological polar surface area (TPSA) is 234 Å². The van der Waals surface area contributed by atoms with Crippen molar-refractivity contribution in [2.75, 3.05) is 32.6 Å². The molecule has 3 aliphatic heterocycles. The van der Waals surface area contributed by atoms with E-state index in [1.54, 1.807) is 39.8 Å². The first-order chi connectivity index (χ1) is 27.7. The Morgan fingerprint density at radius 2 is 1.69 bits per heavy atom. The minimum atomic E-state index is -2.05. The first-order valence-electron chi connectivity index (χ1n) is 19.3. The molecular formula is C43H55N3O13. The van der Waals surface area contributed by atoms with Crippen LogP contribution in [-0.2, 0) is 28.6 Å². The number of phenols is 2. The Balaban J connectivity index is 1.93. The van der Waals surface area contributed by atoms with E-state index in [9.17, 15) is 39.6 Å². The number of methoxy groups -OCH3 is 1. The van der Waals surface area contributed by atoms with E-state index in [-0.39, 0.29) is 57.6 Å². The number of anilines is 1. The Bertz CT molecular complexity index is 2090. The number of Topliss-reactive ketones (excluding diaryl/α,β-unsaturated/α-hetero) is 1. The Hall–Kier alpha value is -5.63. The molecule has 5 bridgehead atoms. The molecule has 0 saturated carbocycles. The summed E-state index contributed by atoms with van der Waals surface area (Å²) < 4.78 is 29.5. The molecule has 2 amide bonds. The molecule has 9 atom stereocenters. The van der Waals surface area contributed by atoms with Crippen molar-refractivity contribution in [3.8, 4) is 29.1 Å². The van der Waals surface area contributed by atoms with Crippen LogP contribution in [0.4, 0.5) is 5.69 Å². The number of aliphatic hydroxyl groups is 2. The van der Waals surface area contributed by atoms with Crippen LogP contribution in [0.1, 0.15) is 70.8 Å². The first-order valence-corrected chi connectivity index (χ1v) is 19.3. The van der Waals surface area contributed by atoms with Crippen LogP contribution in [0.15, 0.2) is 42.2 Å². The second-order valence-corrected chi connectivity index (χ2v) is 15.4. The fourth-order valence-corrected chi connectivity index (χ4v) is 7.34. The number of nitrogens with one attached hydrogen (secondary N) is 1. The number of ether oxygens (including phenoxy) is 5. The molecule has 0 aromatic heterocycles. The van der Waals surface area contributed by atoms with Crippen molar-refractivity contribution in [3.63, 3.8) is 0 Å². The Morgan fingerprint density at radius 1 is 1.02 bits per heavy atom. The van der Waals surface area contributed by atoms with Gasteiger partial charge in [-0.25, -0.2) is 0 Å². The number of aromatic hydroxyl groups is 2. The van der Waals surface area contributed by atoms with E-state index in [1.165, 1.54) is 71.2 Å². The number of hydrogen-bond acceptors (Lipinski definition) is 14. The van der Waals surface area contributed by atoms with Crippen molar-refractivity contribution in [1.29, 1.82) is 5.26 Å². The van der Waals surface area contributed by atoms with Crippen molar-refractivity contribution < 1.29 is 63.3 Å². The highest BCUT2D eigenvalue weighted by atomic mass is 16.7. The lowest BCUT2D eigenvalue weighted by molar-refractivity contribution is -0.160. The summed E-state index contributed by atoms with van der Waals surface area (Å²) in [5.41, 5.74) is -0.147. The molecular weight excluding hydrogens is 766 g/mol. The third kappa shape index (κ3) is 9.65. The fourth-order valence-electron chi connectivity index (χ4n) is 7.34. The van der Waals surface area contributed by atoms with Crippen LogP contribution in [0.25, 0.3) is 10.8 Å². The van der Waals surface area contributed by atoms with Gasteiger partial charge in [-0.3, -0.25) is 19.2 Å². The number of aliphatic hydroxyl groups excluding tert-OH is 2. The molecule has 5 rings (SSSR count). The van der Waals surface area contributed by atoms with Gasteiger partial charge < -0.3 is 54.3 Å². The van der Waals surface area contributed by atoms with Crippen LogP contribution in [0.3, 0.4) is 0 Å². The quantitative estimate of drug-likeness (QED) is 0.187. The summed E-state index contributed by atoms with van der Waals surface area (Å²) >= 11 is 0. The second kappa shape index (κ2) is 19.0. The third-order valence-corrected chi connectivity index (χ3v) is 11.2. The van der Waals surface area contributed by atoms with Crippen LogP contribution in [0.2, 0.25) is 0 Å². The SMILES string of the molecule is COC1/C=C/OC2(C)Oc3c(C)c(O)c4c(O)c(cc(OCC(=O)N(C)CCC#N)c4c3C2=O)NC(=O)/C(C)=C\C=C\C(C)C(O)C(C)C(O)C(C)C(OC(C)=O)C1C. The van der Waals surface area contributed by atoms with Gasteiger partial charge in [0.25, 0.3) is 17.6 Å². The van der Waals surface area contributed by atoms with E-state index in [4.69, 9.17) is 28.9 Å². The van der Waals surface area contributed by atoms with Crippen molar-refractivity contribution >= 4 is 40.0 Å². The maximum Gasteiger partial charge on any atom is 0.312 e. The number of allylic oxidation sites excluding steroid dienone is 2. The third-order valence-electron chi connectivity index (χ3n) is 11.2. The number of phenolic OH excluding ortho intramolecular Hbond substituents is 2. The van der Waals surface area contributed by atoms with Crippen molar-refractivity contribution in [2.45, 2.75) is 92.0 Å². The highest BCUT2D eigenvalue weighted by molar-refractivity contribution is 6.21. The minimum Gasteiger partial charge on any atom is -0.507 e. The largest absolute Gasteiger partial charge is 0.507 e. The molecule has 320 valence electrons. The average molecular weight is 822 g/mol. The molecule has 16 heteroatoms. The lowest BCUT2D eigenvalue weighted by Crippen LogP contribution is -2.46. The van der Waals surface area contributed by atoms with E-state index < -0.39 is 95.5 Å². The standard InChI is InChI=1S/C43H55N3O13/c1-21-13-11-14-22(2)42(54)45-28-19-30(56-20-31(48)46(9)17-12-16-44)32-33(38(28)52)37(51)26(6)40-34(32)41(53)43(8,59-40)57-18-15-29(55-10)23(3)39(58-27(7)47)25(5)36(50)24(4)35(21)49/h11,13-15,18-19,21,23-25,29,35-36,39,49-52H,12,17,20H2,1-10H3,(H,45,54)/b13-11+,18-15+,22-14-. The number of amides is 2. The van der Waals surface area contributed by atoms with Gasteiger partial charge in [-0.1, -0.05) is 45.9 Å².